The Morgan fingerprint density at radius 2 is 0.936 bits per heavy atom. The van der Waals surface area contributed by atoms with Crippen molar-refractivity contribution >= 4 is 11.6 Å². The Balaban J connectivity index is 1.51. The van der Waals surface area contributed by atoms with Gasteiger partial charge in [0, 0.05) is 49.9 Å². The molecule has 0 bridgehead atoms. The van der Waals surface area contributed by atoms with E-state index in [0.29, 0.717) is 30.2 Å². The van der Waals surface area contributed by atoms with Crippen LogP contribution in [-0.4, -0.2) is 84.0 Å². The zero-order chi connectivity index (χ0) is 35.1. The smallest absolute Gasteiger partial charge is 0.138 e. The third kappa shape index (κ3) is 18.7. The van der Waals surface area contributed by atoms with Crippen molar-refractivity contribution in [3.05, 3.63) is 0 Å². The highest BCUT2D eigenvalue weighted by atomic mass is 16.5. The number of unbranched alkanes of at least 4 members (excludes halogenated alkanes) is 7. The van der Waals surface area contributed by atoms with Gasteiger partial charge in [-0.2, -0.15) is 0 Å². The molecule has 2 aliphatic heterocycles. The summed E-state index contributed by atoms with van der Waals surface area (Å²) in [7, 11) is 0. The van der Waals surface area contributed by atoms with Crippen molar-refractivity contribution in [1.29, 1.82) is 0 Å². The predicted octanol–water partition coefficient (Wildman–Crippen LogP) is 9.81. The summed E-state index contributed by atoms with van der Waals surface area (Å²) in [6.07, 6.45) is 19.0. The Morgan fingerprint density at radius 1 is 0.532 bits per heavy atom. The second-order valence-corrected chi connectivity index (χ2v) is 18.4. The Morgan fingerprint density at radius 3 is 1.38 bits per heavy atom. The van der Waals surface area contributed by atoms with Gasteiger partial charge in [-0.3, -0.25) is 9.59 Å². The minimum atomic E-state index is -0.286. The summed E-state index contributed by atoms with van der Waals surface area (Å²) in [6, 6.07) is 0. The van der Waals surface area contributed by atoms with Gasteiger partial charge in [0.15, 0.2) is 0 Å². The van der Waals surface area contributed by atoms with Gasteiger partial charge >= 0.3 is 0 Å². The van der Waals surface area contributed by atoms with Gasteiger partial charge in [-0.1, -0.05) is 66.7 Å². The number of nitrogens with zero attached hydrogens (tertiary/aromatic N) is 2. The molecule has 2 saturated heterocycles. The molecular formula is C41H78N2O4. The number of carbonyl (C=O) groups excluding carboxylic acids is 2. The average molecular weight is 663 g/mol. The second kappa shape index (κ2) is 20.1. The van der Waals surface area contributed by atoms with Crippen molar-refractivity contribution < 1.29 is 19.1 Å². The van der Waals surface area contributed by atoms with Crippen molar-refractivity contribution in [3.63, 3.8) is 0 Å². The van der Waals surface area contributed by atoms with Crippen molar-refractivity contribution in [1.82, 2.24) is 9.80 Å². The lowest BCUT2D eigenvalue weighted by molar-refractivity contribution is -0.130. The van der Waals surface area contributed by atoms with Gasteiger partial charge in [0.2, 0.25) is 0 Å². The van der Waals surface area contributed by atoms with E-state index >= 15 is 0 Å². The lowest BCUT2D eigenvalue weighted by atomic mass is 9.79. The minimum absolute atomic E-state index is 0.0423. The highest BCUT2D eigenvalue weighted by Crippen LogP contribution is 2.33. The fourth-order valence-electron chi connectivity index (χ4n) is 7.10. The molecule has 0 aliphatic carbocycles. The molecule has 6 nitrogen and oxygen atoms in total. The van der Waals surface area contributed by atoms with Crippen molar-refractivity contribution in [2.45, 2.75) is 202 Å². The largest absolute Gasteiger partial charge is 0.373 e. The van der Waals surface area contributed by atoms with Crippen LogP contribution in [0, 0.1) is 10.8 Å². The number of rotatable bonds is 22. The lowest BCUT2D eigenvalue weighted by Gasteiger charge is -2.38. The van der Waals surface area contributed by atoms with Gasteiger partial charge in [-0.25, -0.2) is 0 Å². The number of ether oxygens (including phenoxy) is 2. The fraction of sp³-hybridized carbons (Fsp3) is 0.951. The van der Waals surface area contributed by atoms with Crippen LogP contribution in [0.25, 0.3) is 0 Å². The summed E-state index contributed by atoms with van der Waals surface area (Å²) >= 11 is 0. The molecule has 2 aliphatic rings. The minimum Gasteiger partial charge on any atom is -0.373 e. The summed E-state index contributed by atoms with van der Waals surface area (Å²) in [5, 5.41) is 0. The number of Topliss-reactive ketones (excluding diaryl/α,β-unsaturated/α-hetero) is 2. The van der Waals surface area contributed by atoms with Crippen molar-refractivity contribution in [2.75, 3.05) is 39.3 Å². The summed E-state index contributed by atoms with van der Waals surface area (Å²) in [5.41, 5.74) is -0.723. The zero-order valence-corrected chi connectivity index (χ0v) is 32.9. The summed E-state index contributed by atoms with van der Waals surface area (Å²) in [4.78, 5) is 30.4. The summed E-state index contributed by atoms with van der Waals surface area (Å²) in [5.74, 6) is 0.811. The van der Waals surface area contributed by atoms with Gasteiger partial charge in [-0.15, -0.1) is 0 Å². The molecule has 2 rings (SSSR count). The van der Waals surface area contributed by atoms with Crippen molar-refractivity contribution in [3.8, 4) is 0 Å². The molecule has 0 atom stereocenters. The van der Waals surface area contributed by atoms with E-state index in [1.54, 1.807) is 0 Å². The molecule has 0 amide bonds. The molecular weight excluding hydrogens is 584 g/mol. The SMILES string of the molecule is CC(C)(C)OC1CCN(CCCCCCC(=O)C(C)(C)CCC(C)(C)OC2CCN(CCCCCCCC(=O)C(C)(C)C)CC2)CC1. The number of likely N-dealkylation sites (tertiary alicyclic amines) is 2. The van der Waals surface area contributed by atoms with Crippen LogP contribution in [0.3, 0.4) is 0 Å². The maximum absolute atomic E-state index is 13.2. The maximum atomic E-state index is 13.2. The molecule has 2 heterocycles. The van der Waals surface area contributed by atoms with Gasteiger partial charge in [-0.05, 0) is 112 Å². The molecule has 0 N–H and O–H groups in total. The average Bonchev–Trinajstić information content (AvgIpc) is 2.97. The number of hydrogen-bond donors (Lipinski definition) is 0. The van der Waals surface area contributed by atoms with Gasteiger partial charge < -0.3 is 19.3 Å². The molecule has 0 unspecified atom stereocenters. The first-order valence-corrected chi connectivity index (χ1v) is 19.7. The highest BCUT2D eigenvalue weighted by molar-refractivity contribution is 5.84. The van der Waals surface area contributed by atoms with Crippen LogP contribution in [0.2, 0.25) is 0 Å². The van der Waals surface area contributed by atoms with E-state index in [4.69, 9.17) is 9.47 Å². The summed E-state index contributed by atoms with van der Waals surface area (Å²) < 4.78 is 12.8. The quantitative estimate of drug-likeness (QED) is 0.108. The van der Waals surface area contributed by atoms with E-state index in [2.05, 4.69) is 58.3 Å². The van der Waals surface area contributed by atoms with E-state index < -0.39 is 0 Å². The third-order valence-corrected chi connectivity index (χ3v) is 10.5. The van der Waals surface area contributed by atoms with Crippen LogP contribution in [0.1, 0.15) is 178 Å². The number of piperidine rings is 2. The molecule has 47 heavy (non-hydrogen) atoms. The molecule has 0 spiro atoms. The van der Waals surface area contributed by atoms with Crippen molar-refractivity contribution in [2.24, 2.45) is 10.8 Å². The Hall–Kier alpha value is -0.820. The molecule has 0 aromatic rings. The topological polar surface area (TPSA) is 59.1 Å². The van der Waals surface area contributed by atoms with Crippen LogP contribution in [0.5, 0.6) is 0 Å². The predicted molar refractivity (Wildman–Crippen MR) is 198 cm³/mol. The Labute approximate surface area is 291 Å². The van der Waals surface area contributed by atoms with Crippen LogP contribution in [-0.2, 0) is 19.1 Å². The van der Waals surface area contributed by atoms with Crippen LogP contribution < -0.4 is 0 Å². The van der Waals surface area contributed by atoms with Gasteiger partial charge in [0.1, 0.15) is 11.6 Å². The zero-order valence-electron chi connectivity index (χ0n) is 32.9. The highest BCUT2D eigenvalue weighted by Gasteiger charge is 2.32. The molecule has 6 heteroatoms. The first-order valence-electron chi connectivity index (χ1n) is 19.7. The van der Waals surface area contributed by atoms with E-state index in [1.165, 1.54) is 51.6 Å². The Bertz CT molecular complexity index is 884. The molecule has 276 valence electrons. The maximum Gasteiger partial charge on any atom is 0.138 e. The first-order chi connectivity index (χ1) is 21.9. The van der Waals surface area contributed by atoms with E-state index in [9.17, 15) is 9.59 Å². The van der Waals surface area contributed by atoms with E-state index in [0.717, 1.165) is 90.4 Å². The monoisotopic (exact) mass is 663 g/mol. The Kier molecular flexibility index (Phi) is 18.1. The second-order valence-electron chi connectivity index (χ2n) is 18.4. The van der Waals surface area contributed by atoms with Crippen LogP contribution >= 0.6 is 0 Å². The number of carbonyl (C=O) groups is 2. The number of ketones is 2. The molecule has 0 saturated carbocycles. The fourth-order valence-corrected chi connectivity index (χ4v) is 7.10. The molecule has 2 fully saturated rings. The number of hydrogen-bond acceptors (Lipinski definition) is 6. The first kappa shape index (κ1) is 42.3. The normalized spacial score (nSPS) is 18.6. The van der Waals surface area contributed by atoms with Gasteiger partial charge in [0.05, 0.1) is 23.4 Å². The van der Waals surface area contributed by atoms with Gasteiger partial charge in [0.25, 0.3) is 0 Å². The standard InChI is InChI=1S/C41H78N2O4/c1-38(2,3)36(44)20-16-12-11-14-18-28-43-32-24-35(25-33-43)47-41(9,10)27-26-40(7,8)37(45)21-17-13-15-19-29-42-30-22-34(23-31-42)46-39(4,5)6/h34-35H,11-33H2,1-10H3. The van der Waals surface area contributed by atoms with Crippen LogP contribution in [0.4, 0.5) is 0 Å². The van der Waals surface area contributed by atoms with E-state index in [-0.39, 0.29) is 22.0 Å². The lowest BCUT2D eigenvalue weighted by Crippen LogP contribution is -2.41. The molecule has 0 radical (unpaired) electrons. The molecule has 0 aromatic carbocycles. The third-order valence-electron chi connectivity index (χ3n) is 10.5. The van der Waals surface area contributed by atoms with Crippen LogP contribution in [0.15, 0.2) is 0 Å². The summed E-state index contributed by atoms with van der Waals surface area (Å²) in [6.45, 7) is 28.1. The molecule has 0 aromatic heterocycles. The van der Waals surface area contributed by atoms with E-state index in [1.807, 2.05) is 20.8 Å².